The summed E-state index contributed by atoms with van der Waals surface area (Å²) in [6.07, 6.45) is 2.73. The first kappa shape index (κ1) is 15.6. The molecule has 0 saturated heterocycles. The van der Waals surface area contributed by atoms with Gasteiger partial charge in [0.2, 0.25) is 0 Å². The lowest BCUT2D eigenvalue weighted by molar-refractivity contribution is -0.136. The minimum atomic E-state index is -0.940. The number of methoxy groups -OCH3 is 1. The number of nitrogens with one attached hydrogen (secondary N) is 2. The van der Waals surface area contributed by atoms with Crippen LogP contribution in [0.1, 0.15) is 5.76 Å². The van der Waals surface area contributed by atoms with Gasteiger partial charge in [0.1, 0.15) is 11.5 Å². The predicted octanol–water partition coefficient (Wildman–Crippen LogP) is 2.03. The number of carbonyl (C=O) groups excluding carboxylic acids is 2. The Hall–Kier alpha value is -2.80. The van der Waals surface area contributed by atoms with Crippen molar-refractivity contribution < 1.29 is 18.7 Å². The van der Waals surface area contributed by atoms with E-state index in [1.54, 1.807) is 24.3 Å². The molecule has 1 heterocycles. The molecule has 2 aromatic rings. The summed E-state index contributed by atoms with van der Waals surface area (Å²) in [7, 11) is 1.44. The van der Waals surface area contributed by atoms with Gasteiger partial charge >= 0.3 is 11.8 Å². The van der Waals surface area contributed by atoms with E-state index < -0.39 is 11.8 Å². The molecule has 0 radical (unpaired) electrons. The predicted molar refractivity (Wildman–Crippen MR) is 81.1 cm³/mol. The molecule has 114 valence electrons. The van der Waals surface area contributed by atoms with Crippen LogP contribution >= 0.6 is 11.6 Å². The number of hydrazone groups is 1. The van der Waals surface area contributed by atoms with Gasteiger partial charge in [-0.05, 0) is 30.3 Å². The number of benzene rings is 1. The fraction of sp³-hybridized carbons (Fsp3) is 0.0714. The largest absolute Gasteiger partial charge is 0.495 e. The van der Waals surface area contributed by atoms with Crippen LogP contribution in [0.25, 0.3) is 0 Å². The molecule has 1 aromatic carbocycles. The number of ether oxygens (including phenoxy) is 1. The first-order valence-electron chi connectivity index (χ1n) is 6.11. The van der Waals surface area contributed by atoms with E-state index >= 15 is 0 Å². The summed E-state index contributed by atoms with van der Waals surface area (Å²) >= 11 is 5.84. The quantitative estimate of drug-likeness (QED) is 0.512. The van der Waals surface area contributed by atoms with Crippen LogP contribution in [0.2, 0.25) is 5.02 Å². The maximum absolute atomic E-state index is 11.8. The maximum atomic E-state index is 11.8. The molecule has 8 heteroatoms. The molecule has 2 amide bonds. The minimum absolute atomic E-state index is 0.283. The Bertz CT molecular complexity index is 698. The summed E-state index contributed by atoms with van der Waals surface area (Å²) in [6, 6.07) is 7.96. The van der Waals surface area contributed by atoms with E-state index in [1.807, 2.05) is 0 Å². The minimum Gasteiger partial charge on any atom is -0.495 e. The van der Waals surface area contributed by atoms with Crippen molar-refractivity contribution in [3.05, 3.63) is 47.4 Å². The van der Waals surface area contributed by atoms with Gasteiger partial charge < -0.3 is 14.5 Å². The lowest BCUT2D eigenvalue weighted by Gasteiger charge is -2.09. The number of furan rings is 1. The van der Waals surface area contributed by atoms with Crippen LogP contribution in [0.3, 0.4) is 0 Å². The summed E-state index contributed by atoms with van der Waals surface area (Å²) in [6.45, 7) is 0. The number of halogens is 1. The lowest BCUT2D eigenvalue weighted by atomic mass is 10.3. The van der Waals surface area contributed by atoms with Gasteiger partial charge in [0.25, 0.3) is 0 Å². The average molecular weight is 322 g/mol. The van der Waals surface area contributed by atoms with Gasteiger partial charge in [-0.2, -0.15) is 5.10 Å². The van der Waals surface area contributed by atoms with E-state index in [0.29, 0.717) is 16.5 Å². The van der Waals surface area contributed by atoms with Crippen molar-refractivity contribution >= 4 is 35.3 Å². The van der Waals surface area contributed by atoms with Crippen molar-refractivity contribution in [1.29, 1.82) is 0 Å². The third-order valence-electron chi connectivity index (χ3n) is 2.52. The van der Waals surface area contributed by atoms with E-state index in [1.165, 1.54) is 25.7 Å². The average Bonchev–Trinajstić information content (AvgIpc) is 3.00. The first-order valence-corrected chi connectivity index (χ1v) is 6.49. The maximum Gasteiger partial charge on any atom is 0.329 e. The lowest BCUT2D eigenvalue weighted by Crippen LogP contribution is -2.32. The standard InChI is InChI=1S/C14H12ClN3O4/c1-21-12-5-4-9(15)7-11(12)17-13(19)14(20)18-16-8-10-3-2-6-22-10/h2-8H,1H3,(H,17,19)(H,18,20)/b16-8+. The number of amides is 2. The Labute approximate surface area is 130 Å². The molecule has 0 fully saturated rings. The highest BCUT2D eigenvalue weighted by Crippen LogP contribution is 2.27. The third kappa shape index (κ3) is 4.10. The zero-order chi connectivity index (χ0) is 15.9. The van der Waals surface area contributed by atoms with Crippen LogP contribution in [0.4, 0.5) is 5.69 Å². The van der Waals surface area contributed by atoms with Gasteiger partial charge in [0.15, 0.2) is 0 Å². The van der Waals surface area contributed by atoms with E-state index in [2.05, 4.69) is 15.8 Å². The van der Waals surface area contributed by atoms with Crippen molar-refractivity contribution in [3.8, 4) is 5.75 Å². The number of nitrogens with zero attached hydrogens (tertiary/aromatic N) is 1. The molecule has 0 aliphatic carbocycles. The van der Waals surface area contributed by atoms with E-state index in [4.69, 9.17) is 20.8 Å². The highest BCUT2D eigenvalue weighted by molar-refractivity contribution is 6.40. The van der Waals surface area contributed by atoms with Crippen LogP contribution in [0.5, 0.6) is 5.75 Å². The molecule has 7 nitrogen and oxygen atoms in total. The van der Waals surface area contributed by atoms with E-state index in [9.17, 15) is 9.59 Å². The number of carbonyl (C=O) groups is 2. The van der Waals surface area contributed by atoms with Gasteiger partial charge in [0.05, 0.1) is 25.3 Å². The van der Waals surface area contributed by atoms with E-state index in [-0.39, 0.29) is 5.69 Å². The Balaban J connectivity index is 1.97. The van der Waals surface area contributed by atoms with Gasteiger partial charge in [-0.15, -0.1) is 0 Å². The molecule has 0 spiro atoms. The fourth-order valence-corrected chi connectivity index (χ4v) is 1.70. The second-order valence-corrected chi connectivity index (χ2v) is 4.45. The Kier molecular flexibility index (Phi) is 5.16. The molecule has 0 unspecified atom stereocenters. The monoisotopic (exact) mass is 321 g/mol. The molecular weight excluding hydrogens is 310 g/mol. The normalized spacial score (nSPS) is 10.5. The molecule has 0 atom stereocenters. The van der Waals surface area contributed by atoms with Crippen LogP contribution < -0.4 is 15.5 Å². The second-order valence-electron chi connectivity index (χ2n) is 4.01. The second kappa shape index (κ2) is 7.28. The highest BCUT2D eigenvalue weighted by Gasteiger charge is 2.15. The van der Waals surface area contributed by atoms with Gasteiger partial charge in [-0.3, -0.25) is 9.59 Å². The van der Waals surface area contributed by atoms with Crippen molar-refractivity contribution in [1.82, 2.24) is 5.43 Å². The Morgan fingerprint density at radius 1 is 1.32 bits per heavy atom. The summed E-state index contributed by atoms with van der Waals surface area (Å²) in [5.41, 5.74) is 2.36. The zero-order valence-electron chi connectivity index (χ0n) is 11.5. The topological polar surface area (TPSA) is 92.9 Å². The van der Waals surface area contributed by atoms with Crippen molar-refractivity contribution in [2.75, 3.05) is 12.4 Å². The number of hydrogen-bond donors (Lipinski definition) is 2. The molecular formula is C14H12ClN3O4. The van der Waals surface area contributed by atoms with Crippen molar-refractivity contribution in [3.63, 3.8) is 0 Å². The molecule has 0 aliphatic rings. The summed E-state index contributed by atoms with van der Waals surface area (Å²) in [5, 5.41) is 6.38. The third-order valence-corrected chi connectivity index (χ3v) is 2.75. The fourth-order valence-electron chi connectivity index (χ4n) is 1.53. The van der Waals surface area contributed by atoms with Gasteiger partial charge in [0, 0.05) is 5.02 Å². The van der Waals surface area contributed by atoms with Gasteiger partial charge in [-0.25, -0.2) is 5.43 Å². The van der Waals surface area contributed by atoms with Crippen molar-refractivity contribution in [2.24, 2.45) is 5.10 Å². The van der Waals surface area contributed by atoms with Gasteiger partial charge in [-0.1, -0.05) is 11.6 Å². The summed E-state index contributed by atoms with van der Waals surface area (Å²) < 4.78 is 10.0. The summed E-state index contributed by atoms with van der Waals surface area (Å²) in [5.74, 6) is -1.02. The zero-order valence-corrected chi connectivity index (χ0v) is 12.3. The first-order chi connectivity index (χ1) is 10.6. The van der Waals surface area contributed by atoms with Crippen LogP contribution in [0.15, 0.2) is 46.1 Å². The smallest absolute Gasteiger partial charge is 0.329 e. The van der Waals surface area contributed by atoms with Crippen LogP contribution in [-0.2, 0) is 9.59 Å². The molecule has 0 aliphatic heterocycles. The molecule has 2 rings (SSSR count). The molecule has 2 N–H and O–H groups in total. The Morgan fingerprint density at radius 3 is 2.82 bits per heavy atom. The molecule has 0 bridgehead atoms. The van der Waals surface area contributed by atoms with Crippen LogP contribution in [-0.4, -0.2) is 25.1 Å². The molecule has 22 heavy (non-hydrogen) atoms. The highest BCUT2D eigenvalue weighted by atomic mass is 35.5. The summed E-state index contributed by atoms with van der Waals surface area (Å²) in [4.78, 5) is 23.4. The Morgan fingerprint density at radius 2 is 2.14 bits per heavy atom. The number of rotatable bonds is 4. The molecule has 1 aromatic heterocycles. The molecule has 0 saturated carbocycles. The number of anilines is 1. The van der Waals surface area contributed by atoms with Crippen LogP contribution in [0, 0.1) is 0 Å². The van der Waals surface area contributed by atoms with Crippen molar-refractivity contribution in [2.45, 2.75) is 0 Å². The van der Waals surface area contributed by atoms with E-state index in [0.717, 1.165) is 0 Å². The SMILES string of the molecule is COc1ccc(Cl)cc1NC(=O)C(=O)N/N=C/c1ccco1. The number of hydrogen-bond acceptors (Lipinski definition) is 5.